The molecule has 0 saturated carbocycles. The number of hydrogen-bond acceptors (Lipinski definition) is 0. The molecule has 0 aliphatic heterocycles. The lowest BCUT2D eigenvalue weighted by Crippen LogP contribution is -2.02. The van der Waals surface area contributed by atoms with Gasteiger partial charge in [-0.25, -0.2) is 0 Å². The normalized spacial score (nSPS) is 16.4. The first kappa shape index (κ1) is 14.5. The Labute approximate surface area is 148 Å². The number of H-pyrrole nitrogens is 1. The van der Waals surface area contributed by atoms with Crippen LogP contribution in [0.4, 0.5) is 0 Å². The average Bonchev–Trinajstić information content (AvgIpc) is 3.10. The number of benzene rings is 2. The van der Waals surface area contributed by atoms with Crippen molar-refractivity contribution < 1.29 is 0 Å². The van der Waals surface area contributed by atoms with Gasteiger partial charge in [0.25, 0.3) is 0 Å². The van der Waals surface area contributed by atoms with Crippen molar-refractivity contribution in [3.8, 4) is 0 Å². The number of rotatable bonds is 2. The molecule has 3 aromatic carbocycles. The Morgan fingerprint density at radius 3 is 2.72 bits per heavy atom. The summed E-state index contributed by atoms with van der Waals surface area (Å²) in [7, 11) is 0. The predicted molar refractivity (Wildman–Crippen MR) is 107 cm³/mol. The summed E-state index contributed by atoms with van der Waals surface area (Å²) < 4.78 is 0. The molecule has 0 amide bonds. The number of nitrogens with one attached hydrogen (secondary N) is 1. The lowest BCUT2D eigenvalue weighted by Gasteiger charge is -2.15. The number of aryl methyl sites for hydroxylation is 1. The number of fused-ring (bicyclic) bond motifs is 3. The van der Waals surface area contributed by atoms with Crippen molar-refractivity contribution in [2.75, 3.05) is 0 Å². The van der Waals surface area contributed by atoms with Crippen LogP contribution >= 0.6 is 0 Å². The van der Waals surface area contributed by atoms with Crippen LogP contribution in [0.5, 0.6) is 0 Å². The molecule has 1 nitrogen and oxygen atoms in total. The summed E-state index contributed by atoms with van der Waals surface area (Å²) in [5.74, 6) is 0.496. The largest absolute Gasteiger partial charge is 0.361 e. The smallest absolute Gasteiger partial charge is 0.0459 e. The number of pyridine rings is 1. The van der Waals surface area contributed by atoms with Gasteiger partial charge < -0.3 is 4.98 Å². The molecule has 122 valence electrons. The molecule has 0 bridgehead atoms. The third kappa shape index (κ3) is 2.23. The van der Waals surface area contributed by atoms with E-state index in [9.17, 15) is 0 Å². The van der Waals surface area contributed by atoms with E-state index in [1.807, 2.05) is 6.20 Å². The van der Waals surface area contributed by atoms with Gasteiger partial charge in [-0.15, -0.1) is 0 Å². The zero-order chi connectivity index (χ0) is 17.0. The van der Waals surface area contributed by atoms with E-state index in [4.69, 9.17) is 0 Å². The van der Waals surface area contributed by atoms with Crippen LogP contribution in [-0.4, -0.2) is 4.98 Å². The molecule has 5 rings (SSSR count). The predicted octanol–water partition coefficient (Wildman–Crippen LogP) is 6.37. The Balaban J connectivity index is 1.65. The van der Waals surface area contributed by atoms with Crippen LogP contribution in [0.25, 0.3) is 27.8 Å². The van der Waals surface area contributed by atoms with E-state index in [2.05, 4.69) is 79.5 Å². The van der Waals surface area contributed by atoms with Gasteiger partial charge in [-0.1, -0.05) is 48.0 Å². The minimum atomic E-state index is 0.496. The van der Waals surface area contributed by atoms with Crippen molar-refractivity contribution in [2.45, 2.75) is 26.2 Å². The molecule has 1 heteroatoms. The summed E-state index contributed by atoms with van der Waals surface area (Å²) in [6, 6.07) is 20.0. The van der Waals surface area contributed by atoms with Gasteiger partial charge in [0, 0.05) is 17.6 Å². The Bertz CT molecular complexity index is 1140. The van der Waals surface area contributed by atoms with Crippen LogP contribution in [0.2, 0.25) is 0 Å². The van der Waals surface area contributed by atoms with E-state index in [0.29, 0.717) is 5.92 Å². The molecule has 0 radical (unpaired) electrons. The quantitative estimate of drug-likeness (QED) is 0.441. The van der Waals surface area contributed by atoms with Crippen LogP contribution in [0.15, 0.2) is 66.4 Å². The first-order valence-electron chi connectivity index (χ1n) is 8.97. The monoisotopic (exact) mass is 323 g/mol. The lowest BCUT2D eigenvalue weighted by atomic mass is 9.88. The van der Waals surface area contributed by atoms with Crippen LogP contribution < -0.4 is 0 Å². The maximum absolute atomic E-state index is 3.39. The van der Waals surface area contributed by atoms with Crippen molar-refractivity contribution in [2.24, 2.45) is 0 Å². The molecule has 1 aromatic heterocycles. The maximum Gasteiger partial charge on any atom is 0.0459 e. The Morgan fingerprint density at radius 2 is 1.80 bits per heavy atom. The highest BCUT2D eigenvalue weighted by Gasteiger charge is 2.24. The van der Waals surface area contributed by atoms with Crippen molar-refractivity contribution in [1.29, 1.82) is 0 Å². The maximum atomic E-state index is 3.39. The summed E-state index contributed by atoms with van der Waals surface area (Å²) >= 11 is 0. The molecule has 0 spiro atoms. The third-order valence-corrected chi connectivity index (χ3v) is 5.72. The Hall–Kier alpha value is -2.80. The second kappa shape index (κ2) is 5.35. The summed E-state index contributed by atoms with van der Waals surface area (Å²) in [5, 5.41) is 4.02. The van der Waals surface area contributed by atoms with Gasteiger partial charge in [0.05, 0.1) is 0 Å². The molecule has 0 saturated heterocycles. The molecular weight excluding hydrogens is 302 g/mol. The molecule has 1 atom stereocenters. The molecule has 1 heterocycles. The van der Waals surface area contributed by atoms with Crippen LogP contribution in [0.3, 0.4) is 0 Å². The fourth-order valence-corrected chi connectivity index (χ4v) is 4.40. The lowest BCUT2D eigenvalue weighted by molar-refractivity contribution is 0.806. The first-order chi connectivity index (χ1) is 12.2. The number of aromatic nitrogens is 1. The van der Waals surface area contributed by atoms with Gasteiger partial charge in [-0.3, -0.25) is 0 Å². The summed E-state index contributed by atoms with van der Waals surface area (Å²) in [6.45, 7) is 4.53. The number of hydrogen-bond donors (Lipinski definition) is 1. The zero-order valence-corrected chi connectivity index (χ0v) is 14.6. The van der Waals surface area contributed by atoms with E-state index in [-0.39, 0.29) is 0 Å². The van der Waals surface area contributed by atoms with Crippen LogP contribution in [0, 0.1) is 6.92 Å². The molecule has 4 aromatic rings. The zero-order valence-electron chi connectivity index (χ0n) is 14.6. The van der Waals surface area contributed by atoms with E-state index < -0.39 is 0 Å². The van der Waals surface area contributed by atoms with Gasteiger partial charge in [0.1, 0.15) is 0 Å². The van der Waals surface area contributed by atoms with E-state index in [1.165, 1.54) is 49.5 Å². The third-order valence-electron chi connectivity index (χ3n) is 5.72. The van der Waals surface area contributed by atoms with Gasteiger partial charge in [0.2, 0.25) is 0 Å². The van der Waals surface area contributed by atoms with Crippen molar-refractivity contribution in [3.63, 3.8) is 0 Å². The fourth-order valence-electron chi connectivity index (χ4n) is 4.40. The highest BCUT2D eigenvalue weighted by atomic mass is 14.6. The van der Waals surface area contributed by atoms with Gasteiger partial charge in [-0.05, 0) is 76.9 Å². The number of aromatic amines is 1. The Morgan fingerprint density at radius 1 is 0.920 bits per heavy atom. The molecule has 1 aliphatic rings. The van der Waals surface area contributed by atoms with Gasteiger partial charge in [0.15, 0.2) is 0 Å². The molecule has 1 N–H and O–H groups in total. The first-order valence-corrected chi connectivity index (χ1v) is 8.97. The highest BCUT2D eigenvalue weighted by molar-refractivity contribution is 6.00. The van der Waals surface area contributed by atoms with Crippen molar-refractivity contribution in [1.82, 2.24) is 4.98 Å². The fraction of sp³-hybridized carbons (Fsp3) is 0.167. The van der Waals surface area contributed by atoms with Gasteiger partial charge in [-0.2, -0.15) is 0 Å². The minimum Gasteiger partial charge on any atom is -0.361 e. The molecule has 1 aliphatic carbocycles. The second-order valence-corrected chi connectivity index (χ2v) is 7.28. The van der Waals surface area contributed by atoms with Crippen LogP contribution in [-0.2, 0) is 6.42 Å². The van der Waals surface area contributed by atoms with Crippen molar-refractivity contribution in [3.05, 3.63) is 88.6 Å². The summed E-state index contributed by atoms with van der Waals surface area (Å²) in [4.78, 5) is 3.39. The van der Waals surface area contributed by atoms with E-state index in [1.54, 1.807) is 0 Å². The standard InChI is InChI=1S/C24H21N/c1-15-10-17-6-3-4-8-20(17)21(15)13-22-16(2)11-19-12-18-7-5-9-25-24(18)14-23(19)22/h3-12,14,21,25H,13H2,1-2H3. The minimum absolute atomic E-state index is 0.496. The van der Waals surface area contributed by atoms with Crippen LogP contribution in [0.1, 0.15) is 35.1 Å². The second-order valence-electron chi connectivity index (χ2n) is 7.28. The van der Waals surface area contributed by atoms with Gasteiger partial charge >= 0.3 is 0 Å². The summed E-state index contributed by atoms with van der Waals surface area (Å²) in [5.41, 5.74) is 8.44. The van der Waals surface area contributed by atoms with E-state index in [0.717, 1.165) is 6.42 Å². The summed E-state index contributed by atoms with van der Waals surface area (Å²) in [6.07, 6.45) is 5.43. The molecule has 0 fully saturated rings. The molecular formula is C24H21N. The van der Waals surface area contributed by atoms with E-state index >= 15 is 0 Å². The highest BCUT2D eigenvalue weighted by Crippen LogP contribution is 2.40. The molecule has 1 unspecified atom stereocenters. The van der Waals surface area contributed by atoms with Crippen molar-refractivity contribution >= 4 is 27.8 Å². The SMILES string of the molecule is CC1=Cc2ccccc2C1Cc1c(C)cc2cc3ccc[nH]c3cc12. The Kier molecular flexibility index (Phi) is 3.11. The molecule has 25 heavy (non-hydrogen) atoms. The average molecular weight is 323 g/mol. The number of allylic oxidation sites excluding steroid dienone is 1. The topological polar surface area (TPSA) is 15.8 Å².